The molecule has 1 unspecified atom stereocenters. The van der Waals surface area contributed by atoms with Crippen LogP contribution >= 0.6 is 7.60 Å². The van der Waals surface area contributed by atoms with Crippen molar-refractivity contribution in [1.82, 2.24) is 0 Å². The summed E-state index contributed by atoms with van der Waals surface area (Å²) in [5.41, 5.74) is 0. The van der Waals surface area contributed by atoms with E-state index in [4.69, 9.17) is 16.2 Å². The second-order valence-electron chi connectivity index (χ2n) is 2.91. The highest BCUT2D eigenvalue weighted by Crippen LogP contribution is 2.54. The van der Waals surface area contributed by atoms with Crippen LogP contribution in [-0.2, 0) is 4.57 Å². The lowest BCUT2D eigenvalue weighted by atomic mass is 10.0. The van der Waals surface area contributed by atoms with E-state index in [1.165, 1.54) is 13.0 Å². The van der Waals surface area contributed by atoms with Crippen molar-refractivity contribution in [2.75, 3.05) is 0 Å². The van der Waals surface area contributed by atoms with Crippen LogP contribution in [0.15, 0.2) is 12.7 Å². The van der Waals surface area contributed by atoms with Crippen molar-refractivity contribution in [3.05, 3.63) is 12.7 Å². The molecule has 0 aromatic heterocycles. The summed E-state index contributed by atoms with van der Waals surface area (Å²) < 4.78 is 11.0. The van der Waals surface area contributed by atoms with Crippen LogP contribution < -0.4 is 0 Å². The zero-order valence-electron chi connectivity index (χ0n) is 7.03. The van der Waals surface area contributed by atoms with Crippen molar-refractivity contribution in [2.24, 2.45) is 0 Å². The Hall–Kier alpha value is -0.550. The average molecular weight is 188 g/mol. The maximum absolute atomic E-state index is 11.0. The van der Waals surface area contributed by atoms with E-state index in [0.717, 1.165) is 0 Å². The van der Waals surface area contributed by atoms with Crippen molar-refractivity contribution < 1.29 is 14.4 Å². The van der Waals surface area contributed by atoms with E-state index in [9.17, 15) is 4.57 Å². The van der Waals surface area contributed by atoms with E-state index >= 15 is 0 Å². The molecule has 0 saturated heterocycles. The van der Waals surface area contributed by atoms with Gasteiger partial charge in [-0.1, -0.05) is 6.08 Å². The summed E-state index contributed by atoms with van der Waals surface area (Å²) in [7, 11) is -4.13. The fourth-order valence-corrected chi connectivity index (χ4v) is 1.49. The van der Waals surface area contributed by atoms with Gasteiger partial charge in [-0.3, -0.25) is 4.57 Å². The summed E-state index contributed by atoms with van der Waals surface area (Å²) in [5.74, 6) is 2.26. The van der Waals surface area contributed by atoms with Crippen molar-refractivity contribution in [1.29, 1.82) is 0 Å². The molecule has 3 nitrogen and oxygen atoms in total. The molecule has 0 fully saturated rings. The fourth-order valence-electron chi connectivity index (χ4n) is 0.825. The Kier molecular flexibility index (Phi) is 3.73. The standard InChI is InChI=1S/C8H13O3P/c1-4-6-8(3,7-5-2)12(9,10)11/h1,5H,2,6-7H2,3H3,(H2,9,10,11). The summed E-state index contributed by atoms with van der Waals surface area (Å²) in [6.45, 7) is 4.90. The van der Waals surface area contributed by atoms with Crippen LogP contribution in [0.25, 0.3) is 0 Å². The minimum Gasteiger partial charge on any atom is -0.324 e. The van der Waals surface area contributed by atoms with Gasteiger partial charge in [-0.15, -0.1) is 18.9 Å². The maximum Gasteiger partial charge on any atom is 0.332 e. The minimum atomic E-state index is -4.13. The molecular formula is C8H13O3P. The fraction of sp³-hybridized carbons (Fsp3) is 0.500. The first-order valence-corrected chi connectivity index (χ1v) is 5.08. The second-order valence-corrected chi connectivity index (χ2v) is 5.08. The summed E-state index contributed by atoms with van der Waals surface area (Å²) in [6.07, 6.45) is 6.77. The zero-order valence-corrected chi connectivity index (χ0v) is 7.92. The van der Waals surface area contributed by atoms with Gasteiger partial charge < -0.3 is 9.79 Å². The van der Waals surface area contributed by atoms with Crippen molar-refractivity contribution in [3.8, 4) is 12.3 Å². The topological polar surface area (TPSA) is 57.5 Å². The maximum atomic E-state index is 11.0. The molecule has 0 rings (SSSR count). The van der Waals surface area contributed by atoms with E-state index in [2.05, 4.69) is 12.5 Å². The van der Waals surface area contributed by atoms with Gasteiger partial charge in [-0.2, -0.15) is 0 Å². The smallest absolute Gasteiger partial charge is 0.324 e. The molecule has 4 heteroatoms. The quantitative estimate of drug-likeness (QED) is 0.399. The highest BCUT2D eigenvalue weighted by molar-refractivity contribution is 7.53. The third-order valence-corrected chi connectivity index (χ3v) is 3.52. The Labute approximate surface area is 72.7 Å². The van der Waals surface area contributed by atoms with E-state index in [0.29, 0.717) is 0 Å². The second kappa shape index (κ2) is 3.91. The van der Waals surface area contributed by atoms with Crippen LogP contribution in [0.3, 0.4) is 0 Å². The van der Waals surface area contributed by atoms with Gasteiger partial charge in [0.1, 0.15) is 0 Å². The van der Waals surface area contributed by atoms with Gasteiger partial charge in [-0.25, -0.2) is 0 Å². The van der Waals surface area contributed by atoms with E-state index < -0.39 is 12.8 Å². The van der Waals surface area contributed by atoms with Gasteiger partial charge in [-0.05, 0) is 13.3 Å². The molecule has 68 valence electrons. The molecule has 0 aliphatic carbocycles. The van der Waals surface area contributed by atoms with E-state index in [1.54, 1.807) is 0 Å². The van der Waals surface area contributed by atoms with Gasteiger partial charge >= 0.3 is 7.60 Å². The van der Waals surface area contributed by atoms with Crippen LogP contribution in [0.4, 0.5) is 0 Å². The number of rotatable bonds is 4. The molecule has 0 aromatic carbocycles. The van der Waals surface area contributed by atoms with Gasteiger partial charge in [0.25, 0.3) is 0 Å². The van der Waals surface area contributed by atoms with Gasteiger partial charge in [0.05, 0.1) is 5.16 Å². The van der Waals surface area contributed by atoms with Crippen molar-refractivity contribution in [3.63, 3.8) is 0 Å². The molecule has 0 aliphatic rings. The molecule has 0 spiro atoms. The van der Waals surface area contributed by atoms with Crippen LogP contribution in [0.1, 0.15) is 19.8 Å². The average Bonchev–Trinajstić information content (AvgIpc) is 1.86. The summed E-state index contributed by atoms with van der Waals surface area (Å²) in [5, 5.41) is -1.15. The minimum absolute atomic E-state index is 0.0588. The lowest BCUT2D eigenvalue weighted by Gasteiger charge is -2.26. The highest BCUT2D eigenvalue weighted by Gasteiger charge is 2.40. The Morgan fingerprint density at radius 2 is 2.25 bits per heavy atom. The van der Waals surface area contributed by atoms with Crippen LogP contribution in [0, 0.1) is 12.3 Å². The van der Waals surface area contributed by atoms with Crippen molar-refractivity contribution >= 4 is 7.60 Å². The SMILES string of the molecule is C#CCC(C)(CC=C)P(=O)(O)O. The van der Waals surface area contributed by atoms with E-state index in [-0.39, 0.29) is 12.8 Å². The van der Waals surface area contributed by atoms with Crippen LogP contribution in [0.2, 0.25) is 0 Å². The number of allylic oxidation sites excluding steroid dienone is 1. The summed E-state index contributed by atoms with van der Waals surface area (Å²) >= 11 is 0. The molecule has 0 heterocycles. The highest BCUT2D eigenvalue weighted by atomic mass is 31.2. The first kappa shape index (κ1) is 11.4. The first-order chi connectivity index (χ1) is 5.37. The van der Waals surface area contributed by atoms with Gasteiger partial charge in [0.15, 0.2) is 0 Å². The summed E-state index contributed by atoms with van der Waals surface area (Å²) in [6, 6.07) is 0. The lowest BCUT2D eigenvalue weighted by molar-refractivity contribution is 0.331. The third-order valence-electron chi connectivity index (χ3n) is 1.77. The van der Waals surface area contributed by atoms with Crippen molar-refractivity contribution in [2.45, 2.75) is 24.9 Å². The Balaban J connectivity index is 4.76. The number of terminal acetylenes is 1. The normalized spacial score (nSPS) is 16.2. The van der Waals surface area contributed by atoms with Crippen LogP contribution in [0.5, 0.6) is 0 Å². The van der Waals surface area contributed by atoms with E-state index in [1.807, 2.05) is 0 Å². The summed E-state index contributed by atoms with van der Waals surface area (Å²) in [4.78, 5) is 17.9. The molecule has 0 aromatic rings. The monoisotopic (exact) mass is 188 g/mol. The Morgan fingerprint density at radius 3 is 2.50 bits per heavy atom. The Morgan fingerprint density at radius 1 is 1.75 bits per heavy atom. The number of hydrogen-bond acceptors (Lipinski definition) is 1. The molecule has 0 aliphatic heterocycles. The third kappa shape index (κ3) is 2.49. The first-order valence-electron chi connectivity index (χ1n) is 3.47. The Bertz CT molecular complexity index is 248. The molecule has 0 bridgehead atoms. The lowest BCUT2D eigenvalue weighted by Crippen LogP contribution is -2.23. The predicted octanol–water partition coefficient (Wildman–Crippen LogP) is 1.52. The molecule has 12 heavy (non-hydrogen) atoms. The largest absolute Gasteiger partial charge is 0.332 e. The number of hydrogen-bond donors (Lipinski definition) is 2. The molecule has 0 amide bonds. The van der Waals surface area contributed by atoms with Gasteiger partial charge in [0, 0.05) is 6.42 Å². The molecule has 0 radical (unpaired) electrons. The van der Waals surface area contributed by atoms with Crippen LogP contribution in [-0.4, -0.2) is 14.9 Å². The predicted molar refractivity (Wildman–Crippen MR) is 48.7 cm³/mol. The zero-order chi connectivity index (χ0) is 9.83. The molecule has 1 atom stereocenters. The van der Waals surface area contributed by atoms with Gasteiger partial charge in [0.2, 0.25) is 0 Å². The molecule has 0 saturated carbocycles. The molecule has 2 N–H and O–H groups in total. The molecular weight excluding hydrogens is 175 g/mol.